The summed E-state index contributed by atoms with van der Waals surface area (Å²) in [6.45, 7) is 0.584. The van der Waals surface area contributed by atoms with Crippen LogP contribution >= 0.6 is 15.9 Å². The van der Waals surface area contributed by atoms with Gasteiger partial charge in [-0.1, -0.05) is 52.3 Å². The lowest BCUT2D eigenvalue weighted by Gasteiger charge is -2.14. The molecule has 20 heavy (non-hydrogen) atoms. The highest BCUT2D eigenvalue weighted by Crippen LogP contribution is 2.28. The van der Waals surface area contributed by atoms with Gasteiger partial charge in [0.05, 0.1) is 12.3 Å². The molecule has 0 aliphatic rings. The maximum atomic E-state index is 9.29. The van der Waals surface area contributed by atoms with Crippen LogP contribution in [0.25, 0.3) is 0 Å². The number of anilines is 1. The summed E-state index contributed by atoms with van der Waals surface area (Å²) in [5.74, 6) is 0.726. The second-order valence-corrected chi connectivity index (χ2v) is 5.25. The highest BCUT2D eigenvalue weighted by molar-refractivity contribution is 9.09. The smallest absolute Gasteiger partial charge is 0.142 e. The fourth-order valence-corrected chi connectivity index (χ4v) is 2.51. The molecule has 0 aliphatic carbocycles. The van der Waals surface area contributed by atoms with Gasteiger partial charge in [0.1, 0.15) is 12.4 Å². The van der Waals surface area contributed by atoms with E-state index < -0.39 is 0 Å². The first-order chi connectivity index (χ1) is 9.74. The lowest BCUT2D eigenvalue weighted by atomic mass is 10.0. The molecule has 4 heteroatoms. The van der Waals surface area contributed by atoms with Crippen molar-refractivity contribution in [3.05, 3.63) is 59.7 Å². The molecular formula is C16H18BrNO2. The molecule has 0 bridgehead atoms. The fraction of sp³-hybridized carbons (Fsp3) is 0.250. The van der Waals surface area contributed by atoms with E-state index >= 15 is 0 Å². The summed E-state index contributed by atoms with van der Waals surface area (Å²) in [5.41, 5.74) is 8.72. The van der Waals surface area contributed by atoms with Crippen molar-refractivity contribution in [1.82, 2.24) is 0 Å². The Hall–Kier alpha value is -1.52. The Morgan fingerprint density at radius 3 is 2.50 bits per heavy atom. The standard InChI is InChI=1S/C16H18BrNO2/c17-9-14(10-19)13-6-7-16(15(18)8-13)20-11-12-4-2-1-3-5-12/h1-8,14,19H,9-11,18H2/t14-/m0/s1. The van der Waals surface area contributed by atoms with Gasteiger partial charge in [0.25, 0.3) is 0 Å². The first-order valence-corrected chi connectivity index (χ1v) is 7.59. The second-order valence-electron chi connectivity index (χ2n) is 4.61. The van der Waals surface area contributed by atoms with Crippen LogP contribution in [0.4, 0.5) is 5.69 Å². The Morgan fingerprint density at radius 1 is 1.15 bits per heavy atom. The van der Waals surface area contributed by atoms with Crippen LogP contribution in [0.1, 0.15) is 17.0 Å². The van der Waals surface area contributed by atoms with E-state index in [1.54, 1.807) is 0 Å². The van der Waals surface area contributed by atoms with Gasteiger partial charge in [-0.25, -0.2) is 0 Å². The number of benzene rings is 2. The van der Waals surface area contributed by atoms with E-state index in [0.717, 1.165) is 11.1 Å². The number of halogens is 1. The van der Waals surface area contributed by atoms with Crippen molar-refractivity contribution in [3.63, 3.8) is 0 Å². The number of hydrogen-bond acceptors (Lipinski definition) is 3. The molecule has 0 aliphatic heterocycles. The van der Waals surface area contributed by atoms with Crippen molar-refractivity contribution in [2.45, 2.75) is 12.5 Å². The average molecular weight is 336 g/mol. The van der Waals surface area contributed by atoms with Crippen molar-refractivity contribution < 1.29 is 9.84 Å². The maximum absolute atomic E-state index is 9.29. The van der Waals surface area contributed by atoms with Gasteiger partial charge in [-0.05, 0) is 23.3 Å². The van der Waals surface area contributed by atoms with E-state index in [2.05, 4.69) is 15.9 Å². The molecule has 0 heterocycles. The normalized spacial score (nSPS) is 12.1. The third kappa shape index (κ3) is 3.74. The topological polar surface area (TPSA) is 55.5 Å². The van der Waals surface area contributed by atoms with Crippen LogP contribution < -0.4 is 10.5 Å². The third-order valence-electron chi connectivity index (χ3n) is 3.15. The number of rotatable bonds is 6. The van der Waals surface area contributed by atoms with E-state index in [1.807, 2.05) is 48.5 Å². The predicted molar refractivity (Wildman–Crippen MR) is 85.2 cm³/mol. The van der Waals surface area contributed by atoms with Crippen LogP contribution in [0, 0.1) is 0 Å². The van der Waals surface area contributed by atoms with Gasteiger partial charge in [0, 0.05) is 11.2 Å². The number of aliphatic hydroxyl groups is 1. The molecule has 2 rings (SSSR count). The van der Waals surface area contributed by atoms with Gasteiger partial charge in [0.2, 0.25) is 0 Å². The number of alkyl halides is 1. The van der Waals surface area contributed by atoms with Crippen molar-refractivity contribution in [1.29, 1.82) is 0 Å². The minimum absolute atomic E-state index is 0.0560. The Labute approximate surface area is 127 Å². The number of ether oxygens (including phenoxy) is 1. The summed E-state index contributed by atoms with van der Waals surface area (Å²) in [6.07, 6.45) is 0. The molecule has 106 valence electrons. The lowest BCUT2D eigenvalue weighted by molar-refractivity contribution is 0.275. The highest BCUT2D eigenvalue weighted by Gasteiger charge is 2.11. The number of aliphatic hydroxyl groups excluding tert-OH is 1. The quantitative estimate of drug-likeness (QED) is 0.628. The molecule has 0 saturated carbocycles. The number of hydrogen-bond donors (Lipinski definition) is 2. The molecular weight excluding hydrogens is 318 g/mol. The molecule has 2 aromatic carbocycles. The van der Waals surface area contributed by atoms with Gasteiger partial charge in [-0.2, -0.15) is 0 Å². The molecule has 2 aromatic rings. The van der Waals surface area contributed by atoms with Crippen molar-refractivity contribution >= 4 is 21.6 Å². The summed E-state index contributed by atoms with van der Waals surface area (Å²) in [4.78, 5) is 0. The van der Waals surface area contributed by atoms with Crippen molar-refractivity contribution in [2.24, 2.45) is 0 Å². The van der Waals surface area contributed by atoms with Crippen LogP contribution in [-0.4, -0.2) is 17.0 Å². The van der Waals surface area contributed by atoms with Gasteiger partial charge in [-0.3, -0.25) is 0 Å². The zero-order chi connectivity index (χ0) is 14.4. The molecule has 0 saturated heterocycles. The fourth-order valence-electron chi connectivity index (χ4n) is 1.93. The molecule has 0 radical (unpaired) electrons. The molecule has 3 nitrogen and oxygen atoms in total. The Balaban J connectivity index is 2.06. The summed E-state index contributed by atoms with van der Waals surface area (Å²) in [7, 11) is 0. The maximum Gasteiger partial charge on any atom is 0.142 e. The summed E-state index contributed by atoms with van der Waals surface area (Å²) < 4.78 is 5.73. The third-order valence-corrected chi connectivity index (χ3v) is 3.93. The van der Waals surface area contributed by atoms with Crippen LogP contribution in [0.5, 0.6) is 5.75 Å². The minimum atomic E-state index is 0.0560. The van der Waals surface area contributed by atoms with E-state index in [9.17, 15) is 5.11 Å². The molecule has 0 spiro atoms. The van der Waals surface area contributed by atoms with Crippen LogP contribution in [0.15, 0.2) is 48.5 Å². The van der Waals surface area contributed by atoms with Crippen LogP contribution in [0.2, 0.25) is 0 Å². The summed E-state index contributed by atoms with van der Waals surface area (Å²) in [5, 5.41) is 9.99. The first kappa shape index (κ1) is 14.9. The Kier molecular flexibility index (Phi) is 5.44. The van der Waals surface area contributed by atoms with Crippen LogP contribution in [-0.2, 0) is 6.61 Å². The summed E-state index contributed by atoms with van der Waals surface area (Å²) in [6, 6.07) is 15.6. The first-order valence-electron chi connectivity index (χ1n) is 6.47. The van der Waals surface area contributed by atoms with E-state index in [1.165, 1.54) is 0 Å². The molecule has 0 amide bonds. The minimum Gasteiger partial charge on any atom is -0.487 e. The predicted octanol–water partition coefficient (Wildman–Crippen LogP) is 3.32. The van der Waals surface area contributed by atoms with E-state index in [-0.39, 0.29) is 12.5 Å². The van der Waals surface area contributed by atoms with Gasteiger partial charge < -0.3 is 15.6 Å². The number of nitrogens with two attached hydrogens (primary N) is 1. The van der Waals surface area contributed by atoms with Crippen LogP contribution in [0.3, 0.4) is 0 Å². The molecule has 3 N–H and O–H groups in total. The van der Waals surface area contributed by atoms with E-state index in [0.29, 0.717) is 23.4 Å². The lowest BCUT2D eigenvalue weighted by Crippen LogP contribution is -2.06. The summed E-state index contributed by atoms with van der Waals surface area (Å²) >= 11 is 3.39. The molecule has 1 atom stereocenters. The van der Waals surface area contributed by atoms with Gasteiger partial charge in [-0.15, -0.1) is 0 Å². The Bertz CT molecular complexity index is 541. The zero-order valence-electron chi connectivity index (χ0n) is 11.1. The SMILES string of the molecule is Nc1cc([C@H](CO)CBr)ccc1OCc1ccccc1. The van der Waals surface area contributed by atoms with Gasteiger partial charge >= 0.3 is 0 Å². The van der Waals surface area contributed by atoms with Crippen molar-refractivity contribution in [2.75, 3.05) is 17.7 Å². The zero-order valence-corrected chi connectivity index (χ0v) is 12.7. The van der Waals surface area contributed by atoms with Crippen molar-refractivity contribution in [3.8, 4) is 5.75 Å². The van der Waals surface area contributed by atoms with E-state index in [4.69, 9.17) is 10.5 Å². The number of nitrogen functional groups attached to an aromatic ring is 1. The monoisotopic (exact) mass is 335 g/mol. The molecule has 0 fully saturated rings. The molecule has 0 aromatic heterocycles. The van der Waals surface area contributed by atoms with Gasteiger partial charge in [0.15, 0.2) is 0 Å². The average Bonchev–Trinajstić information content (AvgIpc) is 2.49. The highest BCUT2D eigenvalue weighted by atomic mass is 79.9. The molecule has 0 unspecified atom stereocenters. The second kappa shape index (κ2) is 7.31. The largest absolute Gasteiger partial charge is 0.487 e. The Morgan fingerprint density at radius 2 is 1.90 bits per heavy atom.